The third-order valence-corrected chi connectivity index (χ3v) is 5.09. The van der Waals surface area contributed by atoms with E-state index in [4.69, 9.17) is 18.9 Å². The summed E-state index contributed by atoms with van der Waals surface area (Å²) in [5.41, 5.74) is 1.82. The minimum absolute atomic E-state index is 0.0134. The molecule has 2 aliphatic rings. The van der Waals surface area contributed by atoms with Gasteiger partial charge in [0, 0.05) is 18.2 Å². The van der Waals surface area contributed by atoms with Gasteiger partial charge in [-0.1, -0.05) is 6.07 Å². The van der Waals surface area contributed by atoms with Gasteiger partial charge in [0.25, 0.3) is 0 Å². The molecule has 1 amide bonds. The smallest absolute Gasteiger partial charge is 0.231 e. The van der Waals surface area contributed by atoms with Crippen molar-refractivity contribution in [2.75, 3.05) is 26.3 Å². The fourth-order valence-electron chi connectivity index (χ4n) is 3.52. The van der Waals surface area contributed by atoms with Crippen LogP contribution in [0.4, 0.5) is 5.69 Å². The molecule has 1 fully saturated rings. The molecule has 2 aromatic rings. The Hall–Kier alpha value is -2.89. The third-order valence-electron chi connectivity index (χ3n) is 5.09. The number of benzene rings is 2. The van der Waals surface area contributed by atoms with Crippen molar-refractivity contribution in [2.45, 2.75) is 25.2 Å². The zero-order valence-electron chi connectivity index (χ0n) is 15.5. The van der Waals surface area contributed by atoms with Crippen molar-refractivity contribution in [3.63, 3.8) is 0 Å². The Balaban J connectivity index is 1.48. The maximum atomic E-state index is 12.7. The van der Waals surface area contributed by atoms with E-state index in [1.54, 1.807) is 20.3 Å². The van der Waals surface area contributed by atoms with Crippen LogP contribution >= 0.6 is 0 Å². The van der Waals surface area contributed by atoms with Crippen molar-refractivity contribution in [1.29, 1.82) is 0 Å². The summed E-state index contributed by atoms with van der Waals surface area (Å²) < 4.78 is 21.4. The van der Waals surface area contributed by atoms with Crippen LogP contribution in [0, 0.1) is 5.92 Å². The molecule has 4 rings (SSSR count). The summed E-state index contributed by atoms with van der Waals surface area (Å²) in [5, 5.41) is 2.98. The van der Waals surface area contributed by atoms with Crippen molar-refractivity contribution in [1.82, 2.24) is 0 Å². The first kappa shape index (κ1) is 17.5. The van der Waals surface area contributed by atoms with E-state index in [2.05, 4.69) is 5.32 Å². The van der Waals surface area contributed by atoms with Crippen LogP contribution in [0.25, 0.3) is 0 Å². The van der Waals surface area contributed by atoms with Gasteiger partial charge in [0.2, 0.25) is 12.7 Å². The van der Waals surface area contributed by atoms with E-state index in [-0.39, 0.29) is 18.6 Å². The van der Waals surface area contributed by atoms with Gasteiger partial charge in [0.1, 0.15) is 0 Å². The Morgan fingerprint density at radius 2 is 1.85 bits per heavy atom. The highest BCUT2D eigenvalue weighted by molar-refractivity contribution is 5.91. The summed E-state index contributed by atoms with van der Waals surface area (Å²) in [4.78, 5) is 12.7. The zero-order chi connectivity index (χ0) is 18.8. The van der Waals surface area contributed by atoms with Gasteiger partial charge >= 0.3 is 0 Å². The molecule has 0 saturated heterocycles. The van der Waals surface area contributed by atoms with E-state index in [1.165, 1.54) is 0 Å². The number of fused-ring (bicyclic) bond motifs is 1. The molecule has 1 atom stereocenters. The number of ether oxygens (including phenoxy) is 4. The van der Waals surface area contributed by atoms with Crippen LogP contribution in [0.5, 0.6) is 23.0 Å². The molecule has 0 spiro atoms. The molecule has 1 heterocycles. The molecule has 1 unspecified atom stereocenters. The average molecular weight is 369 g/mol. The van der Waals surface area contributed by atoms with Gasteiger partial charge in [-0.2, -0.15) is 0 Å². The molecule has 0 bridgehead atoms. The predicted octanol–water partition coefficient (Wildman–Crippen LogP) is 3.95. The van der Waals surface area contributed by atoms with Crippen LogP contribution in [0.2, 0.25) is 0 Å². The van der Waals surface area contributed by atoms with Gasteiger partial charge < -0.3 is 24.3 Å². The molecular formula is C21H23NO5. The van der Waals surface area contributed by atoms with Gasteiger partial charge in [0.15, 0.2) is 23.0 Å². The fraction of sp³-hybridized carbons (Fsp3) is 0.381. The molecule has 6 heteroatoms. The number of hydrogen-bond acceptors (Lipinski definition) is 5. The van der Waals surface area contributed by atoms with E-state index < -0.39 is 0 Å². The van der Waals surface area contributed by atoms with E-state index in [9.17, 15) is 4.79 Å². The summed E-state index contributed by atoms with van der Waals surface area (Å²) in [7, 11) is 3.24. The summed E-state index contributed by atoms with van der Waals surface area (Å²) in [5.74, 6) is 3.43. The molecule has 1 aliphatic heterocycles. The zero-order valence-corrected chi connectivity index (χ0v) is 15.5. The van der Waals surface area contributed by atoms with Crippen molar-refractivity contribution < 1.29 is 23.7 Å². The lowest BCUT2D eigenvalue weighted by atomic mass is 9.90. The number of rotatable bonds is 7. The first-order valence-corrected chi connectivity index (χ1v) is 9.09. The van der Waals surface area contributed by atoms with Crippen LogP contribution in [0.15, 0.2) is 36.4 Å². The molecule has 1 aliphatic carbocycles. The quantitative estimate of drug-likeness (QED) is 0.800. The second-order valence-corrected chi connectivity index (χ2v) is 6.88. The summed E-state index contributed by atoms with van der Waals surface area (Å²) >= 11 is 0. The maximum absolute atomic E-state index is 12.7. The number of methoxy groups -OCH3 is 2. The topological polar surface area (TPSA) is 66.0 Å². The maximum Gasteiger partial charge on any atom is 0.231 e. The highest BCUT2D eigenvalue weighted by Crippen LogP contribution is 2.46. The first-order chi connectivity index (χ1) is 13.2. The van der Waals surface area contributed by atoms with E-state index in [1.807, 2.05) is 30.3 Å². The summed E-state index contributed by atoms with van der Waals surface area (Å²) in [6.07, 6.45) is 2.72. The Morgan fingerprint density at radius 3 is 2.59 bits per heavy atom. The lowest BCUT2D eigenvalue weighted by Crippen LogP contribution is -2.17. The monoisotopic (exact) mass is 369 g/mol. The number of carbonyl (C=O) groups excluding carboxylic acids is 1. The fourth-order valence-corrected chi connectivity index (χ4v) is 3.52. The van der Waals surface area contributed by atoms with Crippen LogP contribution < -0.4 is 24.3 Å². The minimum atomic E-state index is -0.0134. The lowest BCUT2D eigenvalue weighted by molar-refractivity contribution is -0.116. The standard InChI is InChI=1S/C21H23NO5/c1-24-17-7-5-14(9-19(17)25-2)16(13-3-4-13)11-21(23)22-15-6-8-18-20(10-15)27-12-26-18/h5-10,13,16H,3-4,11-12H2,1-2H3,(H,22,23). The lowest BCUT2D eigenvalue weighted by Gasteiger charge is -2.18. The van der Waals surface area contributed by atoms with Crippen molar-refractivity contribution in [3.8, 4) is 23.0 Å². The minimum Gasteiger partial charge on any atom is -0.493 e. The van der Waals surface area contributed by atoms with Gasteiger partial charge in [-0.3, -0.25) is 4.79 Å². The summed E-state index contributed by atoms with van der Waals surface area (Å²) in [6, 6.07) is 11.3. The molecule has 0 aromatic heterocycles. The molecule has 142 valence electrons. The molecular weight excluding hydrogens is 346 g/mol. The molecule has 1 N–H and O–H groups in total. The van der Waals surface area contributed by atoms with Crippen LogP contribution in [0.1, 0.15) is 30.7 Å². The number of carbonyl (C=O) groups is 1. The van der Waals surface area contributed by atoms with Gasteiger partial charge in [-0.15, -0.1) is 0 Å². The van der Waals surface area contributed by atoms with Crippen molar-refractivity contribution in [2.24, 2.45) is 5.92 Å². The second kappa shape index (κ2) is 7.39. The molecule has 1 saturated carbocycles. The van der Waals surface area contributed by atoms with E-state index in [0.717, 1.165) is 18.4 Å². The Morgan fingerprint density at radius 1 is 1.07 bits per heavy atom. The molecule has 2 aromatic carbocycles. The number of nitrogens with one attached hydrogen (secondary N) is 1. The predicted molar refractivity (Wildman–Crippen MR) is 101 cm³/mol. The second-order valence-electron chi connectivity index (χ2n) is 6.88. The Bertz CT molecular complexity index is 846. The third kappa shape index (κ3) is 3.79. The van der Waals surface area contributed by atoms with Gasteiger partial charge in [0.05, 0.1) is 14.2 Å². The van der Waals surface area contributed by atoms with E-state index >= 15 is 0 Å². The highest BCUT2D eigenvalue weighted by atomic mass is 16.7. The molecule has 27 heavy (non-hydrogen) atoms. The van der Waals surface area contributed by atoms with Crippen molar-refractivity contribution >= 4 is 11.6 Å². The molecule has 0 radical (unpaired) electrons. The number of anilines is 1. The Kier molecular flexibility index (Phi) is 4.79. The summed E-state index contributed by atoms with van der Waals surface area (Å²) in [6.45, 7) is 0.218. The van der Waals surface area contributed by atoms with Gasteiger partial charge in [-0.25, -0.2) is 0 Å². The highest BCUT2D eigenvalue weighted by Gasteiger charge is 2.34. The van der Waals surface area contributed by atoms with Gasteiger partial charge in [-0.05, 0) is 54.5 Å². The largest absolute Gasteiger partial charge is 0.493 e. The van der Waals surface area contributed by atoms with Crippen LogP contribution in [0.3, 0.4) is 0 Å². The Labute approximate surface area is 158 Å². The first-order valence-electron chi connectivity index (χ1n) is 9.09. The van der Waals surface area contributed by atoms with Crippen LogP contribution in [-0.2, 0) is 4.79 Å². The SMILES string of the molecule is COc1ccc(C(CC(=O)Nc2ccc3c(c2)OCO3)C2CC2)cc1OC. The van der Waals surface area contributed by atoms with Crippen molar-refractivity contribution in [3.05, 3.63) is 42.0 Å². The average Bonchev–Trinajstić information content (AvgIpc) is 3.42. The molecule has 6 nitrogen and oxygen atoms in total. The number of hydrogen-bond donors (Lipinski definition) is 1. The van der Waals surface area contributed by atoms with E-state index in [0.29, 0.717) is 41.0 Å². The normalized spacial score (nSPS) is 15.9. The van der Waals surface area contributed by atoms with Crippen LogP contribution in [-0.4, -0.2) is 26.9 Å². The number of amides is 1.